The smallest absolute Gasteiger partial charge is 0.254 e. The van der Waals surface area contributed by atoms with Gasteiger partial charge >= 0.3 is 0 Å². The van der Waals surface area contributed by atoms with Crippen LogP contribution >= 0.6 is 0 Å². The largest absolute Gasteiger partial charge is 0.340 e. The summed E-state index contributed by atoms with van der Waals surface area (Å²) < 4.78 is 23.4. The molecular weight excluding hydrogens is 362 g/mol. The Labute approximate surface area is 160 Å². The molecule has 1 fully saturated rings. The zero-order valence-corrected chi connectivity index (χ0v) is 16.7. The van der Waals surface area contributed by atoms with E-state index in [1.807, 2.05) is 18.2 Å². The molecule has 1 atom stereocenters. The standard InChI is InChI=1S/C20H25N3O3S/c1-14(2)17-6-4-5-7-18(17)22-19-12-15(8-10-21-19)20(24)23(3)16-9-11-27(25,26)13-16/h4-8,10,12,14,16H,9,11,13H2,1-3H3,(H,21,22). The normalized spacial score (nSPS) is 18.4. The minimum absolute atomic E-state index is 0.0349. The van der Waals surface area contributed by atoms with Crippen LogP contribution in [0.2, 0.25) is 0 Å². The van der Waals surface area contributed by atoms with Crippen LogP contribution in [0.5, 0.6) is 0 Å². The first-order chi connectivity index (χ1) is 12.8. The number of rotatable bonds is 5. The van der Waals surface area contributed by atoms with Crippen molar-refractivity contribution in [3.63, 3.8) is 0 Å². The van der Waals surface area contributed by atoms with Gasteiger partial charge in [0.05, 0.1) is 11.5 Å². The lowest BCUT2D eigenvalue weighted by Crippen LogP contribution is -2.37. The number of aromatic nitrogens is 1. The van der Waals surface area contributed by atoms with E-state index < -0.39 is 9.84 Å². The minimum atomic E-state index is -3.04. The van der Waals surface area contributed by atoms with E-state index in [1.54, 1.807) is 25.4 Å². The van der Waals surface area contributed by atoms with E-state index in [9.17, 15) is 13.2 Å². The molecule has 0 spiro atoms. The van der Waals surface area contributed by atoms with Crippen LogP contribution in [-0.2, 0) is 9.84 Å². The second-order valence-corrected chi connectivity index (χ2v) is 9.50. The predicted molar refractivity (Wildman–Crippen MR) is 107 cm³/mol. The van der Waals surface area contributed by atoms with Crippen LogP contribution < -0.4 is 5.32 Å². The lowest BCUT2D eigenvalue weighted by atomic mass is 10.0. The van der Waals surface area contributed by atoms with E-state index in [4.69, 9.17) is 0 Å². The third-order valence-electron chi connectivity index (χ3n) is 4.93. The molecule has 1 aliphatic heterocycles. The van der Waals surface area contributed by atoms with Gasteiger partial charge < -0.3 is 10.2 Å². The Morgan fingerprint density at radius 2 is 2.00 bits per heavy atom. The number of benzene rings is 1. The van der Waals surface area contributed by atoms with Gasteiger partial charge in [-0.05, 0) is 36.1 Å². The second kappa shape index (κ2) is 7.68. The van der Waals surface area contributed by atoms with Crippen LogP contribution in [0, 0.1) is 0 Å². The van der Waals surface area contributed by atoms with Crippen molar-refractivity contribution < 1.29 is 13.2 Å². The van der Waals surface area contributed by atoms with E-state index in [1.165, 1.54) is 10.5 Å². The van der Waals surface area contributed by atoms with Gasteiger partial charge in [0.2, 0.25) is 0 Å². The fourth-order valence-electron chi connectivity index (χ4n) is 3.33. The number of nitrogens with one attached hydrogen (secondary N) is 1. The van der Waals surface area contributed by atoms with E-state index in [2.05, 4.69) is 30.2 Å². The van der Waals surface area contributed by atoms with Crippen molar-refractivity contribution in [2.24, 2.45) is 0 Å². The molecule has 1 aliphatic rings. The molecule has 1 aromatic carbocycles. The highest BCUT2D eigenvalue weighted by Crippen LogP contribution is 2.26. The monoisotopic (exact) mass is 387 g/mol. The molecule has 1 aromatic heterocycles. The fourth-order valence-corrected chi connectivity index (χ4v) is 5.11. The molecule has 0 radical (unpaired) electrons. The SMILES string of the molecule is CC(C)c1ccccc1Nc1cc(C(=O)N(C)C2CCS(=O)(=O)C2)ccn1. The molecule has 1 unspecified atom stereocenters. The molecule has 0 bridgehead atoms. The molecule has 2 heterocycles. The van der Waals surface area contributed by atoms with Gasteiger partial charge in [0.25, 0.3) is 5.91 Å². The van der Waals surface area contributed by atoms with Crippen molar-refractivity contribution in [2.45, 2.75) is 32.2 Å². The lowest BCUT2D eigenvalue weighted by molar-refractivity contribution is 0.0747. The Kier molecular flexibility index (Phi) is 5.51. The number of anilines is 2. The number of carbonyl (C=O) groups excluding carboxylic acids is 1. The molecule has 7 heteroatoms. The Balaban J connectivity index is 1.79. The number of pyridine rings is 1. The minimum Gasteiger partial charge on any atom is -0.340 e. The number of amides is 1. The van der Waals surface area contributed by atoms with Gasteiger partial charge in [0, 0.05) is 30.5 Å². The van der Waals surface area contributed by atoms with Gasteiger partial charge in [0.15, 0.2) is 9.84 Å². The van der Waals surface area contributed by atoms with Gasteiger partial charge in [-0.1, -0.05) is 32.0 Å². The van der Waals surface area contributed by atoms with Crippen molar-refractivity contribution in [3.05, 3.63) is 53.7 Å². The van der Waals surface area contributed by atoms with Gasteiger partial charge in [0.1, 0.15) is 5.82 Å². The maximum absolute atomic E-state index is 12.8. The molecule has 6 nitrogen and oxygen atoms in total. The van der Waals surface area contributed by atoms with Crippen molar-refractivity contribution in [2.75, 3.05) is 23.9 Å². The fraction of sp³-hybridized carbons (Fsp3) is 0.400. The first kappa shape index (κ1) is 19.4. The molecule has 144 valence electrons. The molecule has 2 aromatic rings. The van der Waals surface area contributed by atoms with Gasteiger partial charge in [-0.3, -0.25) is 4.79 Å². The number of para-hydroxylation sites is 1. The summed E-state index contributed by atoms with van der Waals surface area (Å²) in [5.74, 6) is 0.924. The summed E-state index contributed by atoms with van der Waals surface area (Å²) in [6.07, 6.45) is 2.08. The molecule has 0 saturated carbocycles. The molecule has 27 heavy (non-hydrogen) atoms. The Bertz CT molecular complexity index is 941. The Hall–Kier alpha value is -2.41. The van der Waals surface area contributed by atoms with Crippen LogP contribution in [0.25, 0.3) is 0 Å². The summed E-state index contributed by atoms with van der Waals surface area (Å²) in [6, 6.07) is 11.1. The molecule has 3 rings (SSSR count). The topological polar surface area (TPSA) is 79.4 Å². The quantitative estimate of drug-likeness (QED) is 0.852. The lowest BCUT2D eigenvalue weighted by Gasteiger charge is -2.23. The highest BCUT2D eigenvalue weighted by molar-refractivity contribution is 7.91. The first-order valence-corrected chi connectivity index (χ1v) is 10.9. The van der Waals surface area contributed by atoms with Crippen molar-refractivity contribution in [1.82, 2.24) is 9.88 Å². The summed E-state index contributed by atoms with van der Waals surface area (Å²) in [5, 5.41) is 3.29. The summed E-state index contributed by atoms with van der Waals surface area (Å²) in [5.41, 5.74) is 2.62. The number of hydrogen-bond donors (Lipinski definition) is 1. The molecule has 1 N–H and O–H groups in total. The second-order valence-electron chi connectivity index (χ2n) is 7.27. The van der Waals surface area contributed by atoms with E-state index >= 15 is 0 Å². The van der Waals surface area contributed by atoms with E-state index in [-0.39, 0.29) is 23.5 Å². The van der Waals surface area contributed by atoms with Gasteiger partial charge in [-0.15, -0.1) is 0 Å². The van der Waals surface area contributed by atoms with Gasteiger partial charge in [-0.25, -0.2) is 13.4 Å². The van der Waals surface area contributed by atoms with Crippen LogP contribution in [-0.4, -0.2) is 48.8 Å². The summed E-state index contributed by atoms with van der Waals surface area (Å²) >= 11 is 0. The van der Waals surface area contributed by atoms with Crippen LogP contribution in [0.1, 0.15) is 42.1 Å². The van der Waals surface area contributed by atoms with Crippen molar-refractivity contribution >= 4 is 27.2 Å². The number of nitrogens with zero attached hydrogens (tertiary/aromatic N) is 2. The number of sulfone groups is 1. The van der Waals surface area contributed by atoms with Crippen molar-refractivity contribution in [1.29, 1.82) is 0 Å². The maximum atomic E-state index is 12.8. The highest BCUT2D eigenvalue weighted by Gasteiger charge is 2.33. The third-order valence-corrected chi connectivity index (χ3v) is 6.68. The summed E-state index contributed by atoms with van der Waals surface area (Å²) in [4.78, 5) is 18.7. The summed E-state index contributed by atoms with van der Waals surface area (Å²) in [7, 11) is -1.37. The average molecular weight is 388 g/mol. The molecular formula is C20H25N3O3S. The highest BCUT2D eigenvalue weighted by atomic mass is 32.2. The molecule has 1 saturated heterocycles. The Morgan fingerprint density at radius 1 is 1.26 bits per heavy atom. The number of hydrogen-bond acceptors (Lipinski definition) is 5. The van der Waals surface area contributed by atoms with Crippen molar-refractivity contribution in [3.8, 4) is 0 Å². The number of carbonyl (C=O) groups is 1. The van der Waals surface area contributed by atoms with E-state index in [0.717, 1.165) is 5.69 Å². The predicted octanol–water partition coefficient (Wildman–Crippen LogP) is 3.21. The zero-order valence-electron chi connectivity index (χ0n) is 15.8. The van der Waals surface area contributed by atoms with E-state index in [0.29, 0.717) is 23.7 Å². The summed E-state index contributed by atoms with van der Waals surface area (Å²) in [6.45, 7) is 4.25. The van der Waals surface area contributed by atoms with Crippen LogP contribution in [0.3, 0.4) is 0 Å². The molecule has 0 aliphatic carbocycles. The molecule has 1 amide bonds. The zero-order chi connectivity index (χ0) is 19.6. The first-order valence-electron chi connectivity index (χ1n) is 9.06. The third kappa shape index (κ3) is 4.47. The maximum Gasteiger partial charge on any atom is 0.254 e. The van der Waals surface area contributed by atoms with Crippen LogP contribution in [0.4, 0.5) is 11.5 Å². The van der Waals surface area contributed by atoms with Gasteiger partial charge in [-0.2, -0.15) is 0 Å². The van der Waals surface area contributed by atoms with Crippen LogP contribution in [0.15, 0.2) is 42.6 Å². The Morgan fingerprint density at radius 3 is 2.67 bits per heavy atom. The average Bonchev–Trinajstić information content (AvgIpc) is 3.01.